The van der Waals surface area contributed by atoms with Crippen LogP contribution in [0.15, 0.2) is 18.2 Å². The molecule has 112 valence electrons. The van der Waals surface area contributed by atoms with Crippen molar-refractivity contribution in [3.05, 3.63) is 40.8 Å². The summed E-state index contributed by atoms with van der Waals surface area (Å²) in [6, 6.07) is 5.20. The maximum absolute atomic E-state index is 14.4. The molecule has 0 fully saturated rings. The Morgan fingerprint density at radius 2 is 1.86 bits per heavy atom. The lowest BCUT2D eigenvalue weighted by molar-refractivity contribution is 0.573. The molecule has 0 saturated carbocycles. The molecule has 1 heterocycles. The summed E-state index contributed by atoms with van der Waals surface area (Å²) in [5.41, 5.74) is 8.91. The van der Waals surface area contributed by atoms with Gasteiger partial charge >= 0.3 is 0 Å². The fourth-order valence-corrected chi connectivity index (χ4v) is 2.34. The number of hydrogen-bond acceptors (Lipinski definition) is 3. The number of anilines is 1. The highest BCUT2D eigenvalue weighted by molar-refractivity contribution is 5.60. The number of aryl methyl sites for hydroxylation is 1. The Labute approximate surface area is 125 Å². The number of benzene rings is 1. The Balaban J connectivity index is 2.53. The molecule has 0 aliphatic rings. The van der Waals surface area contributed by atoms with Crippen molar-refractivity contribution in [1.82, 2.24) is 9.97 Å². The van der Waals surface area contributed by atoms with Gasteiger partial charge in [-0.15, -0.1) is 0 Å². The van der Waals surface area contributed by atoms with Gasteiger partial charge in [-0.3, -0.25) is 0 Å². The summed E-state index contributed by atoms with van der Waals surface area (Å²) < 4.78 is 14.4. The molecule has 0 unspecified atom stereocenters. The lowest BCUT2D eigenvalue weighted by atomic mass is 9.86. The van der Waals surface area contributed by atoms with Gasteiger partial charge < -0.3 is 5.73 Å². The zero-order valence-electron chi connectivity index (χ0n) is 13.3. The van der Waals surface area contributed by atoms with Crippen LogP contribution in [-0.4, -0.2) is 9.97 Å². The van der Waals surface area contributed by atoms with Crippen LogP contribution < -0.4 is 5.73 Å². The van der Waals surface area contributed by atoms with Gasteiger partial charge in [0.05, 0.1) is 5.56 Å². The number of hydrogen-bond donors (Lipinski definition) is 1. The van der Waals surface area contributed by atoms with Crippen molar-refractivity contribution in [3.63, 3.8) is 0 Å². The molecular weight excluding hydrogens is 265 g/mol. The van der Waals surface area contributed by atoms with Gasteiger partial charge in [-0.05, 0) is 36.5 Å². The van der Waals surface area contributed by atoms with Crippen LogP contribution in [0.5, 0.6) is 0 Å². The van der Waals surface area contributed by atoms with Crippen molar-refractivity contribution >= 4 is 5.82 Å². The number of rotatable bonds is 2. The molecule has 0 saturated heterocycles. The van der Waals surface area contributed by atoms with E-state index in [1.54, 1.807) is 12.1 Å². The zero-order valence-corrected chi connectivity index (χ0v) is 13.3. The second-order valence-electron chi connectivity index (χ2n) is 6.29. The molecular formula is C17H22FN3. The van der Waals surface area contributed by atoms with Crippen LogP contribution in [0.4, 0.5) is 10.2 Å². The van der Waals surface area contributed by atoms with Crippen LogP contribution in [0, 0.1) is 12.7 Å². The smallest absolute Gasteiger partial charge is 0.164 e. The summed E-state index contributed by atoms with van der Waals surface area (Å²) in [4.78, 5) is 8.65. The third-order valence-electron chi connectivity index (χ3n) is 3.68. The zero-order chi connectivity index (χ0) is 15.8. The molecule has 0 atom stereocenters. The molecule has 2 aromatic rings. The first-order valence-electron chi connectivity index (χ1n) is 7.17. The van der Waals surface area contributed by atoms with Gasteiger partial charge in [0.1, 0.15) is 11.6 Å². The highest BCUT2D eigenvalue weighted by atomic mass is 19.1. The molecule has 1 aromatic heterocycles. The van der Waals surface area contributed by atoms with E-state index in [2.05, 4.69) is 30.7 Å². The van der Waals surface area contributed by atoms with Crippen LogP contribution >= 0.6 is 0 Å². The minimum atomic E-state index is -0.314. The van der Waals surface area contributed by atoms with Crippen molar-refractivity contribution < 1.29 is 4.39 Å². The van der Waals surface area contributed by atoms with Gasteiger partial charge in [-0.1, -0.05) is 33.8 Å². The summed E-state index contributed by atoms with van der Waals surface area (Å²) in [6.07, 6.45) is 0.767. The minimum Gasteiger partial charge on any atom is -0.383 e. The summed E-state index contributed by atoms with van der Waals surface area (Å²) in [5, 5.41) is 0. The number of halogens is 1. The van der Waals surface area contributed by atoms with Crippen LogP contribution in [0.25, 0.3) is 11.4 Å². The largest absolute Gasteiger partial charge is 0.383 e. The molecule has 0 radical (unpaired) electrons. The van der Waals surface area contributed by atoms with Gasteiger partial charge in [0.15, 0.2) is 5.82 Å². The number of nitrogens with two attached hydrogens (primary N) is 1. The summed E-state index contributed by atoms with van der Waals surface area (Å²) in [6.45, 7) is 10.0. The van der Waals surface area contributed by atoms with E-state index in [0.29, 0.717) is 17.2 Å². The van der Waals surface area contributed by atoms with E-state index in [9.17, 15) is 4.39 Å². The standard InChI is InChI=1S/C17H22FN3/c1-6-12-10(2)20-16(21-15(12)19)13-8-7-11(9-14(13)18)17(3,4)5/h7-9H,6H2,1-5H3,(H2,19,20,21). The van der Waals surface area contributed by atoms with Crippen molar-refractivity contribution in [2.24, 2.45) is 0 Å². The molecule has 0 amide bonds. The number of nitrogen functional groups attached to an aromatic ring is 1. The summed E-state index contributed by atoms with van der Waals surface area (Å²) in [7, 11) is 0. The average molecular weight is 287 g/mol. The monoisotopic (exact) mass is 287 g/mol. The fourth-order valence-electron chi connectivity index (χ4n) is 2.34. The Morgan fingerprint density at radius 1 is 1.19 bits per heavy atom. The van der Waals surface area contributed by atoms with E-state index in [-0.39, 0.29) is 11.2 Å². The third kappa shape index (κ3) is 3.04. The second-order valence-corrected chi connectivity index (χ2v) is 6.29. The summed E-state index contributed by atoms with van der Waals surface area (Å²) in [5.74, 6) is 0.463. The lowest BCUT2D eigenvalue weighted by Crippen LogP contribution is -2.12. The molecule has 2 N–H and O–H groups in total. The molecule has 2 rings (SSSR count). The van der Waals surface area contributed by atoms with Crippen LogP contribution in [0.3, 0.4) is 0 Å². The minimum absolute atomic E-state index is 0.0960. The van der Waals surface area contributed by atoms with Crippen LogP contribution in [-0.2, 0) is 11.8 Å². The Hall–Kier alpha value is -1.97. The van der Waals surface area contributed by atoms with Gasteiger partial charge in [0.25, 0.3) is 0 Å². The van der Waals surface area contributed by atoms with Crippen LogP contribution in [0.1, 0.15) is 44.5 Å². The maximum Gasteiger partial charge on any atom is 0.164 e. The SMILES string of the molecule is CCc1c(C)nc(-c2ccc(C(C)(C)C)cc2F)nc1N. The Morgan fingerprint density at radius 3 is 2.33 bits per heavy atom. The van der Waals surface area contributed by atoms with Gasteiger partial charge in [0.2, 0.25) is 0 Å². The maximum atomic E-state index is 14.4. The molecule has 3 nitrogen and oxygen atoms in total. The van der Waals surface area contributed by atoms with Crippen molar-refractivity contribution in [2.45, 2.75) is 46.5 Å². The molecule has 21 heavy (non-hydrogen) atoms. The van der Waals surface area contributed by atoms with Crippen molar-refractivity contribution in [3.8, 4) is 11.4 Å². The topological polar surface area (TPSA) is 51.8 Å². The quantitative estimate of drug-likeness (QED) is 0.907. The Kier molecular flexibility index (Phi) is 3.99. The first-order chi connectivity index (χ1) is 9.74. The van der Waals surface area contributed by atoms with Gasteiger partial charge in [-0.25, -0.2) is 14.4 Å². The normalized spacial score (nSPS) is 11.7. The highest BCUT2D eigenvalue weighted by Crippen LogP contribution is 2.28. The third-order valence-corrected chi connectivity index (χ3v) is 3.68. The predicted molar refractivity (Wildman–Crippen MR) is 84.7 cm³/mol. The molecule has 4 heteroatoms. The van der Waals surface area contributed by atoms with E-state index >= 15 is 0 Å². The first kappa shape index (κ1) is 15.4. The van der Waals surface area contributed by atoms with Crippen LogP contribution in [0.2, 0.25) is 0 Å². The van der Waals surface area contributed by atoms with E-state index in [1.165, 1.54) is 0 Å². The lowest BCUT2D eigenvalue weighted by Gasteiger charge is -2.19. The first-order valence-corrected chi connectivity index (χ1v) is 7.17. The predicted octanol–water partition coefficient (Wildman–Crippen LogP) is 4.03. The molecule has 0 bridgehead atoms. The molecule has 0 aliphatic heterocycles. The molecule has 1 aromatic carbocycles. The second kappa shape index (κ2) is 5.43. The number of nitrogens with zero attached hydrogens (tertiary/aromatic N) is 2. The van der Waals surface area contributed by atoms with Gasteiger partial charge in [-0.2, -0.15) is 0 Å². The fraction of sp³-hybridized carbons (Fsp3) is 0.412. The molecule has 0 spiro atoms. The highest BCUT2D eigenvalue weighted by Gasteiger charge is 2.18. The van der Waals surface area contributed by atoms with E-state index in [1.807, 2.05) is 19.9 Å². The Bertz CT molecular complexity index is 649. The van der Waals surface area contributed by atoms with E-state index in [4.69, 9.17) is 5.73 Å². The van der Waals surface area contributed by atoms with Crippen molar-refractivity contribution in [2.75, 3.05) is 5.73 Å². The van der Waals surface area contributed by atoms with Crippen molar-refractivity contribution in [1.29, 1.82) is 0 Å². The number of aromatic nitrogens is 2. The summed E-state index contributed by atoms with van der Waals surface area (Å²) >= 11 is 0. The molecule has 0 aliphatic carbocycles. The average Bonchev–Trinajstić information content (AvgIpc) is 2.37. The van der Waals surface area contributed by atoms with E-state index in [0.717, 1.165) is 23.2 Å². The van der Waals surface area contributed by atoms with Gasteiger partial charge in [0, 0.05) is 11.3 Å². The van der Waals surface area contributed by atoms with E-state index < -0.39 is 0 Å².